The van der Waals surface area contributed by atoms with Crippen LogP contribution in [0.25, 0.3) is 0 Å². The summed E-state index contributed by atoms with van der Waals surface area (Å²) in [6.07, 6.45) is 3.32. The van der Waals surface area contributed by atoms with Crippen LogP contribution in [0.4, 0.5) is 0 Å². The molecule has 78 valence electrons. The Labute approximate surface area is 82.8 Å². The van der Waals surface area contributed by atoms with E-state index in [9.17, 15) is 4.79 Å². The summed E-state index contributed by atoms with van der Waals surface area (Å²) < 4.78 is 6.60. The first kappa shape index (κ1) is 10.9. The molecule has 1 atom stereocenters. The molecule has 0 amide bonds. The molecule has 0 aliphatic heterocycles. The lowest BCUT2D eigenvalue weighted by Crippen LogP contribution is -2.25. The lowest BCUT2D eigenvalue weighted by Gasteiger charge is -2.07. The van der Waals surface area contributed by atoms with Gasteiger partial charge in [0.05, 0.1) is 12.2 Å². The fourth-order valence-electron chi connectivity index (χ4n) is 1.08. The number of carbonyl (C=O) groups excluding carboxylic acids is 1. The van der Waals surface area contributed by atoms with Gasteiger partial charge in [0.2, 0.25) is 0 Å². The van der Waals surface area contributed by atoms with Crippen molar-refractivity contribution in [1.82, 2.24) is 9.78 Å². The third-order valence-electron chi connectivity index (χ3n) is 1.88. The summed E-state index contributed by atoms with van der Waals surface area (Å²) in [5.41, 5.74) is 6.43. The minimum Gasteiger partial charge on any atom is -0.374 e. The van der Waals surface area contributed by atoms with E-state index >= 15 is 0 Å². The molecule has 2 N–H and O–H groups in total. The van der Waals surface area contributed by atoms with E-state index in [1.54, 1.807) is 24.1 Å². The molecular weight excluding hydrogens is 182 g/mol. The summed E-state index contributed by atoms with van der Waals surface area (Å²) in [5.74, 6) is -0.125. The Bertz CT molecular complexity index is 309. The summed E-state index contributed by atoms with van der Waals surface area (Å²) in [4.78, 5) is 11.4. The molecule has 0 saturated carbocycles. The lowest BCUT2D eigenvalue weighted by molar-refractivity contribution is -0.124. The molecule has 0 aliphatic carbocycles. The standard InChI is InChI=1S/C9H15N3O2/c1-3-14-6-8(13)9(10)7-4-11-12(2)5-7/h4-5,9H,3,6,10H2,1-2H3. The van der Waals surface area contributed by atoms with Crippen molar-refractivity contribution in [3.63, 3.8) is 0 Å². The van der Waals surface area contributed by atoms with Crippen molar-refractivity contribution in [2.24, 2.45) is 12.8 Å². The van der Waals surface area contributed by atoms with Crippen LogP contribution in [0.1, 0.15) is 18.5 Å². The predicted octanol–water partition coefficient (Wildman–Crippen LogP) is 0.0255. The fraction of sp³-hybridized carbons (Fsp3) is 0.556. The van der Waals surface area contributed by atoms with E-state index in [0.717, 1.165) is 5.56 Å². The van der Waals surface area contributed by atoms with Gasteiger partial charge in [-0.2, -0.15) is 5.10 Å². The summed E-state index contributed by atoms with van der Waals surface area (Å²) in [6, 6.07) is -0.629. The number of rotatable bonds is 5. The zero-order valence-electron chi connectivity index (χ0n) is 8.43. The molecule has 1 unspecified atom stereocenters. The Kier molecular flexibility index (Phi) is 3.79. The Morgan fingerprint density at radius 2 is 2.50 bits per heavy atom. The minimum absolute atomic E-state index is 0.0621. The first-order valence-electron chi connectivity index (χ1n) is 4.49. The van der Waals surface area contributed by atoms with Crippen molar-refractivity contribution < 1.29 is 9.53 Å². The summed E-state index contributed by atoms with van der Waals surface area (Å²) in [6.45, 7) is 2.42. The van der Waals surface area contributed by atoms with Crippen LogP contribution in [0.3, 0.4) is 0 Å². The maximum absolute atomic E-state index is 11.4. The molecule has 1 aromatic heterocycles. The molecule has 5 nitrogen and oxygen atoms in total. The second kappa shape index (κ2) is 4.88. The molecule has 1 aromatic rings. The van der Waals surface area contributed by atoms with Crippen LogP contribution >= 0.6 is 0 Å². The Morgan fingerprint density at radius 3 is 3.00 bits per heavy atom. The van der Waals surface area contributed by atoms with Gasteiger partial charge in [-0.05, 0) is 6.92 Å². The first-order chi connectivity index (χ1) is 6.65. The normalized spacial score (nSPS) is 12.8. The summed E-state index contributed by atoms with van der Waals surface area (Å²) >= 11 is 0. The average molecular weight is 197 g/mol. The van der Waals surface area contributed by atoms with Gasteiger partial charge in [-0.25, -0.2) is 0 Å². The molecule has 5 heteroatoms. The van der Waals surface area contributed by atoms with Gasteiger partial charge in [-0.1, -0.05) is 0 Å². The van der Waals surface area contributed by atoms with Crippen molar-refractivity contribution in [3.8, 4) is 0 Å². The van der Waals surface area contributed by atoms with Gasteiger partial charge in [0.1, 0.15) is 6.61 Å². The van der Waals surface area contributed by atoms with Gasteiger partial charge in [0, 0.05) is 25.4 Å². The number of carbonyl (C=O) groups is 1. The Balaban J connectivity index is 2.56. The van der Waals surface area contributed by atoms with Gasteiger partial charge in [-0.3, -0.25) is 9.48 Å². The molecule has 0 aliphatic rings. The van der Waals surface area contributed by atoms with Gasteiger partial charge >= 0.3 is 0 Å². The molecule has 0 fully saturated rings. The van der Waals surface area contributed by atoms with E-state index in [1.165, 1.54) is 0 Å². The zero-order chi connectivity index (χ0) is 10.6. The number of nitrogens with zero attached hydrogens (tertiary/aromatic N) is 2. The SMILES string of the molecule is CCOCC(=O)C(N)c1cnn(C)c1. The third-order valence-corrected chi connectivity index (χ3v) is 1.88. The van der Waals surface area contributed by atoms with Crippen molar-refractivity contribution in [2.75, 3.05) is 13.2 Å². The third kappa shape index (κ3) is 2.65. The van der Waals surface area contributed by atoms with Gasteiger partial charge in [-0.15, -0.1) is 0 Å². The van der Waals surface area contributed by atoms with Crippen LogP contribution in [-0.4, -0.2) is 28.8 Å². The van der Waals surface area contributed by atoms with E-state index in [2.05, 4.69) is 5.10 Å². The highest BCUT2D eigenvalue weighted by Gasteiger charge is 2.16. The van der Waals surface area contributed by atoms with Crippen LogP contribution in [-0.2, 0) is 16.6 Å². The lowest BCUT2D eigenvalue weighted by atomic mass is 10.1. The van der Waals surface area contributed by atoms with Gasteiger partial charge < -0.3 is 10.5 Å². The maximum atomic E-state index is 11.4. The smallest absolute Gasteiger partial charge is 0.179 e. The van der Waals surface area contributed by atoms with E-state index in [1.807, 2.05) is 6.92 Å². The van der Waals surface area contributed by atoms with Crippen LogP contribution < -0.4 is 5.73 Å². The maximum Gasteiger partial charge on any atom is 0.179 e. The van der Waals surface area contributed by atoms with Crippen LogP contribution in [0.2, 0.25) is 0 Å². The van der Waals surface area contributed by atoms with Crippen molar-refractivity contribution >= 4 is 5.78 Å². The van der Waals surface area contributed by atoms with Crippen molar-refractivity contribution in [1.29, 1.82) is 0 Å². The molecule has 0 saturated heterocycles. The van der Waals surface area contributed by atoms with Gasteiger partial charge in [0.15, 0.2) is 5.78 Å². The fourth-order valence-corrected chi connectivity index (χ4v) is 1.08. The molecule has 1 heterocycles. The highest BCUT2D eigenvalue weighted by molar-refractivity contribution is 5.86. The van der Waals surface area contributed by atoms with Crippen LogP contribution in [0.15, 0.2) is 12.4 Å². The monoisotopic (exact) mass is 197 g/mol. The Morgan fingerprint density at radius 1 is 1.79 bits per heavy atom. The molecule has 0 spiro atoms. The molecule has 14 heavy (non-hydrogen) atoms. The number of Topliss-reactive ketones (excluding diaryl/α,β-unsaturated/α-hetero) is 1. The van der Waals surface area contributed by atoms with Gasteiger partial charge in [0.25, 0.3) is 0 Å². The second-order valence-electron chi connectivity index (χ2n) is 3.03. The molecule has 0 aromatic carbocycles. The molecular formula is C9H15N3O2. The van der Waals surface area contributed by atoms with Crippen molar-refractivity contribution in [3.05, 3.63) is 18.0 Å². The first-order valence-corrected chi connectivity index (χ1v) is 4.49. The number of aromatic nitrogens is 2. The zero-order valence-corrected chi connectivity index (χ0v) is 8.43. The van der Waals surface area contributed by atoms with E-state index in [4.69, 9.17) is 10.5 Å². The molecule has 1 rings (SSSR count). The number of hydrogen-bond acceptors (Lipinski definition) is 4. The number of ether oxygens (including phenoxy) is 1. The van der Waals surface area contributed by atoms with Crippen molar-refractivity contribution in [2.45, 2.75) is 13.0 Å². The molecule has 0 radical (unpaired) electrons. The highest BCUT2D eigenvalue weighted by atomic mass is 16.5. The van der Waals surface area contributed by atoms with E-state index in [0.29, 0.717) is 6.61 Å². The number of hydrogen-bond donors (Lipinski definition) is 1. The molecule has 0 bridgehead atoms. The highest BCUT2D eigenvalue weighted by Crippen LogP contribution is 2.09. The summed E-state index contributed by atoms with van der Waals surface area (Å²) in [5, 5.41) is 3.94. The minimum atomic E-state index is -0.629. The average Bonchev–Trinajstić information content (AvgIpc) is 2.60. The summed E-state index contributed by atoms with van der Waals surface area (Å²) in [7, 11) is 1.78. The largest absolute Gasteiger partial charge is 0.374 e. The number of ketones is 1. The topological polar surface area (TPSA) is 70.1 Å². The van der Waals surface area contributed by atoms with E-state index < -0.39 is 6.04 Å². The second-order valence-corrected chi connectivity index (χ2v) is 3.03. The number of aryl methyl sites for hydroxylation is 1. The van der Waals surface area contributed by atoms with Crippen LogP contribution in [0.5, 0.6) is 0 Å². The van der Waals surface area contributed by atoms with E-state index in [-0.39, 0.29) is 12.4 Å². The van der Waals surface area contributed by atoms with Crippen LogP contribution in [0, 0.1) is 0 Å². The Hall–Kier alpha value is -1.20. The quantitative estimate of drug-likeness (QED) is 0.722. The number of nitrogens with two attached hydrogens (primary N) is 1. The predicted molar refractivity (Wildman–Crippen MR) is 51.6 cm³/mol.